The molecule has 1 atom stereocenters. The summed E-state index contributed by atoms with van der Waals surface area (Å²) in [5.41, 5.74) is 1.25. The van der Waals surface area contributed by atoms with Gasteiger partial charge < -0.3 is 4.90 Å². The third-order valence-corrected chi connectivity index (χ3v) is 4.00. The van der Waals surface area contributed by atoms with E-state index in [1.54, 1.807) is 11.3 Å². The van der Waals surface area contributed by atoms with Crippen molar-refractivity contribution in [1.82, 2.24) is 4.90 Å². The average Bonchev–Trinajstić information content (AvgIpc) is 2.77. The second kappa shape index (κ2) is 4.67. The van der Waals surface area contributed by atoms with E-state index in [4.69, 9.17) is 5.26 Å². The number of hydrogen-bond donors (Lipinski definition) is 0. The summed E-state index contributed by atoms with van der Waals surface area (Å²) in [6.45, 7) is 3.31. The number of hydrogen-bond acceptors (Lipinski definition) is 3. The molecule has 4 heteroatoms. The molecule has 3 nitrogen and oxygen atoms in total. The van der Waals surface area contributed by atoms with Crippen LogP contribution in [0.2, 0.25) is 0 Å². The Balaban J connectivity index is 2.09. The van der Waals surface area contributed by atoms with E-state index in [0.717, 1.165) is 13.0 Å². The Bertz CT molecular complexity index is 432. The van der Waals surface area contributed by atoms with Gasteiger partial charge in [-0.25, -0.2) is 0 Å². The molecule has 0 saturated heterocycles. The van der Waals surface area contributed by atoms with E-state index in [1.807, 2.05) is 11.8 Å². The van der Waals surface area contributed by atoms with Gasteiger partial charge in [0.15, 0.2) is 0 Å². The minimum absolute atomic E-state index is 0.0122. The largest absolute Gasteiger partial charge is 0.337 e. The smallest absolute Gasteiger partial charge is 0.240 e. The van der Waals surface area contributed by atoms with Crippen molar-refractivity contribution in [2.75, 3.05) is 6.54 Å². The molecule has 0 aliphatic carbocycles. The lowest BCUT2D eigenvalue weighted by Crippen LogP contribution is -2.38. The van der Waals surface area contributed by atoms with Crippen molar-refractivity contribution in [3.05, 3.63) is 21.9 Å². The van der Waals surface area contributed by atoms with Crippen LogP contribution in [0.1, 0.15) is 23.8 Å². The van der Waals surface area contributed by atoms with Gasteiger partial charge in [-0.2, -0.15) is 5.26 Å². The molecule has 1 aliphatic rings. The number of fused-ring (bicyclic) bond motifs is 1. The SMILES string of the molecule is CCC(C#N)C(=O)N1CCc2sccc2C1. The predicted molar refractivity (Wildman–Crippen MR) is 62.8 cm³/mol. The highest BCUT2D eigenvalue weighted by Crippen LogP contribution is 2.25. The van der Waals surface area contributed by atoms with Crippen LogP contribution in [0.15, 0.2) is 11.4 Å². The van der Waals surface area contributed by atoms with E-state index >= 15 is 0 Å². The molecule has 0 bridgehead atoms. The molecule has 0 fully saturated rings. The molecule has 1 aromatic heterocycles. The van der Waals surface area contributed by atoms with E-state index in [2.05, 4.69) is 17.5 Å². The van der Waals surface area contributed by atoms with Gasteiger partial charge in [0.25, 0.3) is 0 Å². The van der Waals surface area contributed by atoms with Crippen LogP contribution in [0.5, 0.6) is 0 Å². The van der Waals surface area contributed by atoms with Crippen LogP contribution < -0.4 is 0 Å². The van der Waals surface area contributed by atoms with Crippen molar-refractivity contribution in [2.45, 2.75) is 26.3 Å². The van der Waals surface area contributed by atoms with E-state index in [0.29, 0.717) is 13.0 Å². The molecule has 2 heterocycles. The highest BCUT2D eigenvalue weighted by Gasteiger charge is 2.26. The van der Waals surface area contributed by atoms with Crippen molar-refractivity contribution < 1.29 is 4.79 Å². The Morgan fingerprint density at radius 1 is 1.75 bits per heavy atom. The van der Waals surface area contributed by atoms with Gasteiger partial charge in [0, 0.05) is 18.0 Å². The number of thiophene rings is 1. The quantitative estimate of drug-likeness (QED) is 0.787. The van der Waals surface area contributed by atoms with E-state index in [-0.39, 0.29) is 5.91 Å². The lowest BCUT2D eigenvalue weighted by Gasteiger charge is -2.28. The second-order valence-electron chi connectivity index (χ2n) is 3.97. The molecule has 0 spiro atoms. The van der Waals surface area contributed by atoms with Gasteiger partial charge >= 0.3 is 0 Å². The standard InChI is InChI=1S/C12H14N2OS/c1-2-9(7-13)12(15)14-5-3-11-10(8-14)4-6-16-11/h4,6,9H,2-3,5,8H2,1H3. The number of nitriles is 1. The summed E-state index contributed by atoms with van der Waals surface area (Å²) in [4.78, 5) is 15.2. The maximum atomic E-state index is 12.0. The Morgan fingerprint density at radius 3 is 3.25 bits per heavy atom. The van der Waals surface area contributed by atoms with Crippen LogP contribution >= 0.6 is 11.3 Å². The predicted octanol–water partition coefficient (Wildman–Crippen LogP) is 2.18. The molecular weight excluding hydrogens is 220 g/mol. The highest BCUT2D eigenvalue weighted by atomic mass is 32.1. The van der Waals surface area contributed by atoms with E-state index in [9.17, 15) is 4.79 Å². The Kier molecular flexibility index (Phi) is 3.25. The number of amides is 1. The zero-order valence-corrected chi connectivity index (χ0v) is 10.1. The highest BCUT2D eigenvalue weighted by molar-refractivity contribution is 7.10. The zero-order chi connectivity index (χ0) is 11.5. The van der Waals surface area contributed by atoms with Crippen LogP contribution in [0.25, 0.3) is 0 Å². The molecule has 0 radical (unpaired) electrons. The lowest BCUT2D eigenvalue weighted by atomic mass is 10.0. The van der Waals surface area contributed by atoms with Crippen LogP contribution in [0.3, 0.4) is 0 Å². The Hall–Kier alpha value is -1.34. The monoisotopic (exact) mass is 234 g/mol. The molecule has 0 saturated carbocycles. The summed E-state index contributed by atoms with van der Waals surface area (Å²) in [6.07, 6.45) is 1.53. The summed E-state index contributed by atoms with van der Waals surface area (Å²) in [5, 5.41) is 11.0. The fourth-order valence-corrected chi connectivity index (χ4v) is 2.87. The number of rotatable bonds is 2. The molecule has 1 amide bonds. The van der Waals surface area contributed by atoms with Crippen molar-refractivity contribution in [2.24, 2.45) is 5.92 Å². The van der Waals surface area contributed by atoms with Crippen molar-refractivity contribution in [1.29, 1.82) is 5.26 Å². The molecule has 16 heavy (non-hydrogen) atoms. The second-order valence-corrected chi connectivity index (χ2v) is 4.97. The number of carbonyl (C=O) groups excluding carboxylic acids is 1. The third kappa shape index (κ3) is 1.96. The maximum Gasteiger partial charge on any atom is 0.240 e. The first-order valence-corrected chi connectivity index (χ1v) is 6.38. The maximum absolute atomic E-state index is 12.0. The molecule has 84 valence electrons. The summed E-state index contributed by atoms with van der Waals surface area (Å²) in [7, 11) is 0. The van der Waals surface area contributed by atoms with Crippen molar-refractivity contribution in [3.63, 3.8) is 0 Å². The van der Waals surface area contributed by atoms with Gasteiger partial charge in [-0.05, 0) is 29.9 Å². The van der Waals surface area contributed by atoms with Gasteiger partial charge in [-0.3, -0.25) is 4.79 Å². The summed E-state index contributed by atoms with van der Waals surface area (Å²) in [6, 6.07) is 4.15. The minimum atomic E-state index is -0.472. The van der Waals surface area contributed by atoms with Crippen LogP contribution in [0.4, 0.5) is 0 Å². The summed E-state index contributed by atoms with van der Waals surface area (Å²) < 4.78 is 0. The number of carbonyl (C=O) groups is 1. The van der Waals surface area contributed by atoms with Crippen LogP contribution in [-0.2, 0) is 17.8 Å². The zero-order valence-electron chi connectivity index (χ0n) is 9.27. The topological polar surface area (TPSA) is 44.1 Å². The van der Waals surface area contributed by atoms with Crippen LogP contribution in [-0.4, -0.2) is 17.4 Å². The first-order valence-electron chi connectivity index (χ1n) is 5.50. The van der Waals surface area contributed by atoms with Crippen molar-refractivity contribution in [3.8, 4) is 6.07 Å². The van der Waals surface area contributed by atoms with Gasteiger partial charge in [0.1, 0.15) is 5.92 Å². The fourth-order valence-electron chi connectivity index (χ4n) is 1.98. The summed E-state index contributed by atoms with van der Waals surface area (Å²) >= 11 is 1.76. The van der Waals surface area contributed by atoms with Gasteiger partial charge in [-0.15, -0.1) is 11.3 Å². The lowest BCUT2D eigenvalue weighted by molar-refractivity contribution is -0.134. The normalized spacial score (nSPS) is 16.4. The molecule has 0 N–H and O–H groups in total. The Morgan fingerprint density at radius 2 is 2.56 bits per heavy atom. The van der Waals surface area contributed by atoms with Crippen LogP contribution in [0, 0.1) is 17.2 Å². The van der Waals surface area contributed by atoms with E-state index in [1.165, 1.54) is 10.4 Å². The van der Waals surface area contributed by atoms with Gasteiger partial charge in [-0.1, -0.05) is 6.92 Å². The molecular formula is C12H14N2OS. The first kappa shape index (κ1) is 11.2. The van der Waals surface area contributed by atoms with E-state index < -0.39 is 5.92 Å². The minimum Gasteiger partial charge on any atom is -0.337 e. The number of nitrogens with zero attached hydrogens (tertiary/aromatic N) is 2. The molecule has 1 aliphatic heterocycles. The molecule has 2 rings (SSSR count). The van der Waals surface area contributed by atoms with Crippen molar-refractivity contribution >= 4 is 17.2 Å². The average molecular weight is 234 g/mol. The Labute approximate surface area is 99.3 Å². The molecule has 1 unspecified atom stereocenters. The van der Waals surface area contributed by atoms with Gasteiger partial charge in [0.05, 0.1) is 6.07 Å². The molecule has 0 aromatic carbocycles. The fraction of sp³-hybridized carbons (Fsp3) is 0.500. The summed E-state index contributed by atoms with van der Waals surface area (Å²) in [5.74, 6) is -0.484. The molecule has 1 aromatic rings. The van der Waals surface area contributed by atoms with Gasteiger partial charge in [0.2, 0.25) is 5.91 Å². The third-order valence-electron chi connectivity index (χ3n) is 2.98. The first-order chi connectivity index (χ1) is 7.76.